The van der Waals surface area contributed by atoms with Crippen molar-refractivity contribution in [2.75, 3.05) is 19.6 Å². The Morgan fingerprint density at radius 2 is 1.89 bits per heavy atom. The quantitative estimate of drug-likeness (QED) is 0.872. The largest absolute Gasteiger partial charge is 0.352 e. The molecule has 0 spiro atoms. The number of benzene rings is 1. The number of nitrogens with zero attached hydrogens (tertiary/aromatic N) is 2. The lowest BCUT2D eigenvalue weighted by atomic mass is 10.0. The number of nitrogens with one attached hydrogen (secondary N) is 1. The van der Waals surface area contributed by atoms with Crippen molar-refractivity contribution >= 4 is 5.91 Å². The number of hydrogen-bond donors (Lipinski definition) is 1. The molecule has 4 nitrogen and oxygen atoms in total. The van der Waals surface area contributed by atoms with E-state index in [1.165, 1.54) is 38.6 Å². The maximum atomic E-state index is 12.5. The van der Waals surface area contributed by atoms with Crippen molar-refractivity contribution in [2.45, 2.75) is 45.1 Å². The number of amides is 1. The Labute approximate surface area is 162 Å². The molecule has 4 rings (SSSR count). The van der Waals surface area contributed by atoms with Gasteiger partial charge in [0.15, 0.2) is 0 Å². The van der Waals surface area contributed by atoms with Crippen molar-refractivity contribution in [3.8, 4) is 11.1 Å². The minimum absolute atomic E-state index is 0.0341. The van der Waals surface area contributed by atoms with Crippen molar-refractivity contribution < 1.29 is 4.79 Å². The van der Waals surface area contributed by atoms with E-state index >= 15 is 0 Å². The monoisotopic (exact) mass is 363 g/mol. The van der Waals surface area contributed by atoms with Crippen LogP contribution in [0.15, 0.2) is 42.6 Å². The maximum Gasteiger partial charge on any atom is 0.251 e. The van der Waals surface area contributed by atoms with Crippen LogP contribution in [0.4, 0.5) is 0 Å². The fourth-order valence-corrected chi connectivity index (χ4v) is 4.51. The highest BCUT2D eigenvalue weighted by Crippen LogP contribution is 2.28. The minimum atomic E-state index is 0.0341. The van der Waals surface area contributed by atoms with Gasteiger partial charge in [-0.25, -0.2) is 0 Å². The summed E-state index contributed by atoms with van der Waals surface area (Å²) in [6.07, 6.45) is 8.53. The summed E-state index contributed by atoms with van der Waals surface area (Å²) in [5, 5.41) is 3.14. The smallest absolute Gasteiger partial charge is 0.251 e. The highest BCUT2D eigenvalue weighted by molar-refractivity contribution is 5.94. The summed E-state index contributed by atoms with van der Waals surface area (Å²) >= 11 is 0. The zero-order valence-electron chi connectivity index (χ0n) is 16.2. The van der Waals surface area contributed by atoms with Crippen LogP contribution in [0.25, 0.3) is 11.1 Å². The second kappa shape index (κ2) is 8.22. The predicted molar refractivity (Wildman–Crippen MR) is 109 cm³/mol. The van der Waals surface area contributed by atoms with E-state index in [1.54, 1.807) is 0 Å². The highest BCUT2D eigenvalue weighted by atomic mass is 16.1. The number of aryl methyl sites for hydroxylation is 1. The van der Waals surface area contributed by atoms with Crippen molar-refractivity contribution in [2.24, 2.45) is 5.92 Å². The van der Waals surface area contributed by atoms with Crippen molar-refractivity contribution in [3.05, 3.63) is 53.9 Å². The zero-order chi connectivity index (χ0) is 18.6. The lowest BCUT2D eigenvalue weighted by Gasteiger charge is -2.23. The molecule has 1 saturated heterocycles. The summed E-state index contributed by atoms with van der Waals surface area (Å²) in [5.41, 5.74) is 3.97. The summed E-state index contributed by atoms with van der Waals surface area (Å²) in [6, 6.07) is 12.7. The molecule has 1 atom stereocenters. The third-order valence-corrected chi connectivity index (χ3v) is 6.09. The first-order valence-electron chi connectivity index (χ1n) is 10.2. The molecular formula is C23H29N3O. The average molecular weight is 364 g/mol. The molecule has 1 aliphatic carbocycles. The summed E-state index contributed by atoms with van der Waals surface area (Å²) in [4.78, 5) is 19.4. The van der Waals surface area contributed by atoms with Crippen LogP contribution in [0.3, 0.4) is 0 Å². The summed E-state index contributed by atoms with van der Waals surface area (Å²) in [6.45, 7) is 5.12. The minimum Gasteiger partial charge on any atom is -0.352 e. The van der Waals surface area contributed by atoms with Gasteiger partial charge >= 0.3 is 0 Å². The Kier molecular flexibility index (Phi) is 5.53. The summed E-state index contributed by atoms with van der Waals surface area (Å²) in [5.74, 6) is 0.625. The fraction of sp³-hybridized carbons (Fsp3) is 0.478. The van der Waals surface area contributed by atoms with Gasteiger partial charge in [-0.2, -0.15) is 0 Å². The van der Waals surface area contributed by atoms with Gasteiger partial charge in [0.1, 0.15) is 0 Å². The molecule has 1 saturated carbocycles. The van der Waals surface area contributed by atoms with Gasteiger partial charge in [0.2, 0.25) is 0 Å². The Morgan fingerprint density at radius 3 is 2.63 bits per heavy atom. The SMILES string of the molecule is Cc1cc(-c2ccc(C(=O)NC[C@H]3CCN(C4CCCC4)C3)cc2)ccn1. The van der Waals surface area contributed by atoms with Crippen LogP contribution in [0.2, 0.25) is 0 Å². The van der Waals surface area contributed by atoms with Crippen molar-refractivity contribution in [3.63, 3.8) is 0 Å². The average Bonchev–Trinajstić information content (AvgIpc) is 3.38. The molecule has 1 N–H and O–H groups in total. The van der Waals surface area contributed by atoms with Gasteiger partial charge in [0.25, 0.3) is 5.91 Å². The van der Waals surface area contributed by atoms with E-state index in [4.69, 9.17) is 0 Å². The number of likely N-dealkylation sites (tertiary alicyclic amines) is 1. The lowest BCUT2D eigenvalue weighted by molar-refractivity contribution is 0.0947. The Morgan fingerprint density at radius 1 is 1.11 bits per heavy atom. The first-order chi connectivity index (χ1) is 13.2. The van der Waals surface area contributed by atoms with Crippen LogP contribution < -0.4 is 5.32 Å². The Balaban J connectivity index is 1.30. The van der Waals surface area contributed by atoms with E-state index in [-0.39, 0.29) is 5.91 Å². The second-order valence-corrected chi connectivity index (χ2v) is 8.06. The third kappa shape index (κ3) is 4.38. The summed E-state index contributed by atoms with van der Waals surface area (Å²) in [7, 11) is 0. The molecule has 1 amide bonds. The van der Waals surface area contributed by atoms with Gasteiger partial charge in [0, 0.05) is 36.6 Å². The van der Waals surface area contributed by atoms with E-state index in [9.17, 15) is 4.79 Å². The first-order valence-corrected chi connectivity index (χ1v) is 10.2. The van der Waals surface area contributed by atoms with Gasteiger partial charge in [0.05, 0.1) is 0 Å². The van der Waals surface area contributed by atoms with Crippen LogP contribution in [0, 0.1) is 12.8 Å². The second-order valence-electron chi connectivity index (χ2n) is 8.06. The fourth-order valence-electron chi connectivity index (χ4n) is 4.51. The van der Waals surface area contributed by atoms with E-state index in [0.29, 0.717) is 5.92 Å². The van der Waals surface area contributed by atoms with Gasteiger partial charge in [-0.15, -0.1) is 0 Å². The van der Waals surface area contributed by atoms with Gasteiger partial charge in [-0.1, -0.05) is 25.0 Å². The Bertz CT molecular complexity index is 780. The predicted octanol–water partition coefficient (Wildman–Crippen LogP) is 4.05. The molecular weight excluding hydrogens is 334 g/mol. The number of pyridine rings is 1. The zero-order valence-corrected chi connectivity index (χ0v) is 16.2. The molecule has 2 heterocycles. The molecule has 0 radical (unpaired) electrons. The number of aromatic nitrogens is 1. The van der Waals surface area contributed by atoms with Crippen LogP contribution >= 0.6 is 0 Å². The standard InChI is InChI=1S/C23H29N3O/c1-17-14-21(10-12-24-17)19-6-8-20(9-7-19)23(27)25-15-18-11-13-26(16-18)22-4-2-3-5-22/h6-10,12,14,18,22H,2-5,11,13,15-16H2,1H3,(H,25,27)/t18-/m1/s1. The van der Waals surface area contributed by atoms with Crippen molar-refractivity contribution in [1.82, 2.24) is 15.2 Å². The van der Waals surface area contributed by atoms with Crippen molar-refractivity contribution in [1.29, 1.82) is 0 Å². The number of carbonyl (C=O) groups is 1. The van der Waals surface area contributed by atoms with Gasteiger partial charge < -0.3 is 10.2 Å². The van der Waals surface area contributed by atoms with E-state index < -0.39 is 0 Å². The molecule has 2 fully saturated rings. The molecule has 142 valence electrons. The molecule has 1 aliphatic heterocycles. The van der Waals surface area contributed by atoms with E-state index in [1.807, 2.05) is 43.5 Å². The molecule has 27 heavy (non-hydrogen) atoms. The molecule has 0 bridgehead atoms. The van der Waals surface area contributed by atoms with Gasteiger partial charge in [-0.3, -0.25) is 9.78 Å². The number of rotatable bonds is 5. The highest BCUT2D eigenvalue weighted by Gasteiger charge is 2.29. The molecule has 2 aromatic rings. The van der Waals surface area contributed by atoms with Crippen LogP contribution in [0.5, 0.6) is 0 Å². The van der Waals surface area contributed by atoms with E-state index in [2.05, 4.69) is 21.3 Å². The molecule has 1 aromatic heterocycles. The molecule has 2 aliphatic rings. The van der Waals surface area contributed by atoms with Crippen LogP contribution in [-0.2, 0) is 0 Å². The number of carbonyl (C=O) groups excluding carboxylic acids is 1. The first kappa shape index (κ1) is 18.2. The van der Waals surface area contributed by atoms with E-state index in [0.717, 1.165) is 41.5 Å². The normalized spacial score (nSPS) is 20.9. The maximum absolute atomic E-state index is 12.5. The lowest BCUT2D eigenvalue weighted by Crippen LogP contribution is -2.34. The summed E-state index contributed by atoms with van der Waals surface area (Å²) < 4.78 is 0. The molecule has 4 heteroatoms. The molecule has 0 unspecified atom stereocenters. The van der Waals surface area contributed by atoms with Gasteiger partial charge in [-0.05, 0) is 74.0 Å². The third-order valence-electron chi connectivity index (χ3n) is 6.09. The topological polar surface area (TPSA) is 45.2 Å². The Hall–Kier alpha value is -2.20. The number of hydrogen-bond acceptors (Lipinski definition) is 3. The van der Waals surface area contributed by atoms with Crippen LogP contribution in [0.1, 0.15) is 48.2 Å². The van der Waals surface area contributed by atoms with Crippen LogP contribution in [-0.4, -0.2) is 41.5 Å². The molecule has 1 aromatic carbocycles.